The minimum Gasteiger partial charge on any atom is -0.347 e. The fourth-order valence-electron chi connectivity index (χ4n) is 7.14. The first kappa shape index (κ1) is 38.1. The van der Waals surface area contributed by atoms with E-state index in [1.807, 2.05) is 34.6 Å². The van der Waals surface area contributed by atoms with Crippen LogP contribution >= 0.6 is 0 Å². The summed E-state index contributed by atoms with van der Waals surface area (Å²) in [4.78, 5) is 68.4. The fourth-order valence-corrected chi connectivity index (χ4v) is 9.24. The van der Waals surface area contributed by atoms with E-state index < -0.39 is 68.6 Å². The zero-order valence-electron chi connectivity index (χ0n) is 29.6. The average molecular weight is 696 g/mol. The van der Waals surface area contributed by atoms with Gasteiger partial charge in [0.05, 0.1) is 17.6 Å². The van der Waals surface area contributed by atoms with Gasteiger partial charge in [-0.2, -0.15) is 8.42 Å². The summed E-state index contributed by atoms with van der Waals surface area (Å²) in [6, 6.07) is -3.47. The van der Waals surface area contributed by atoms with Crippen molar-refractivity contribution >= 4 is 39.6 Å². The monoisotopic (exact) mass is 695 g/mol. The van der Waals surface area contributed by atoms with Crippen LogP contribution in [-0.2, 0) is 29.2 Å². The van der Waals surface area contributed by atoms with Crippen molar-refractivity contribution in [3.8, 4) is 0 Å². The predicted octanol–water partition coefficient (Wildman–Crippen LogP) is 1.61. The number of carbonyl (C=O) groups is 5. The summed E-state index contributed by atoms with van der Waals surface area (Å²) in [5, 5.41) is 11.3. The number of hydrogen-bond donors (Lipinski definition) is 5. The van der Waals surface area contributed by atoms with Crippen molar-refractivity contribution in [3.63, 3.8) is 0 Å². The number of rotatable bonds is 16. The van der Waals surface area contributed by atoms with Gasteiger partial charge in [-0.05, 0) is 70.1 Å². The Morgan fingerprint density at radius 1 is 0.938 bits per heavy atom. The summed E-state index contributed by atoms with van der Waals surface area (Å²) < 4.78 is 28.0. The van der Waals surface area contributed by atoms with E-state index in [-0.39, 0.29) is 17.8 Å². The van der Waals surface area contributed by atoms with Gasteiger partial charge in [0.2, 0.25) is 17.6 Å². The molecule has 1 heterocycles. The summed E-state index contributed by atoms with van der Waals surface area (Å²) in [6.45, 7) is 9.68. The Kier molecular flexibility index (Phi) is 12.6. The summed E-state index contributed by atoms with van der Waals surface area (Å²) in [5.74, 6) is -2.06. The van der Waals surface area contributed by atoms with Gasteiger partial charge in [-0.25, -0.2) is 9.52 Å². The number of nitrogens with one attached hydrogen (secondary N) is 4. The molecule has 4 atom stereocenters. The molecule has 4 rings (SSSR count). The average Bonchev–Trinajstić information content (AvgIpc) is 3.95. The number of nitrogens with zero attached hydrogens (tertiary/aromatic N) is 1. The smallest absolute Gasteiger partial charge is 0.315 e. The number of urea groups is 1. The van der Waals surface area contributed by atoms with Gasteiger partial charge in [-0.15, -0.1) is 0 Å². The van der Waals surface area contributed by atoms with E-state index in [4.69, 9.17) is 0 Å². The van der Waals surface area contributed by atoms with Crippen molar-refractivity contribution in [1.82, 2.24) is 26.2 Å². The molecule has 1 unspecified atom stereocenters. The highest BCUT2D eigenvalue weighted by atomic mass is 32.2. The second-order valence-electron chi connectivity index (χ2n) is 15.9. The van der Waals surface area contributed by atoms with E-state index in [2.05, 4.69) is 21.3 Å². The quantitative estimate of drug-likeness (QED) is 0.152. The Morgan fingerprint density at radius 3 is 2.19 bits per heavy atom. The highest BCUT2D eigenvalue weighted by molar-refractivity contribution is 7.84. The SMILES string of the molecule is CCCCC(NC(=O)[C@@H]1CCCN1C(=O)[C@@H](NC(=O)NC1(CS(=O)(=O)[NH2+][C@@H](C)C2CC2)CCCCC1)C(C)(C)C)C(=O)C(=O)NC1CC1. The minimum absolute atomic E-state index is 0.0118. The zero-order chi connectivity index (χ0) is 35.3. The number of hydrogen-bond acceptors (Lipinski definition) is 7. The predicted molar refractivity (Wildman–Crippen MR) is 181 cm³/mol. The molecule has 4 fully saturated rings. The van der Waals surface area contributed by atoms with E-state index in [1.165, 1.54) is 9.62 Å². The first-order valence-corrected chi connectivity index (χ1v) is 19.9. The molecule has 6 N–H and O–H groups in total. The maximum Gasteiger partial charge on any atom is 0.315 e. The lowest BCUT2D eigenvalue weighted by atomic mass is 9.83. The van der Waals surface area contributed by atoms with E-state index in [9.17, 15) is 32.4 Å². The van der Waals surface area contributed by atoms with Gasteiger partial charge in [-0.1, -0.05) is 59.8 Å². The van der Waals surface area contributed by atoms with Gasteiger partial charge in [0.15, 0.2) is 0 Å². The number of quaternary nitrogens is 1. The standard InChI is InChI=1S/C34H58N6O7S/c1-6-7-12-25(27(41)30(43)35-24-16-17-24)36-29(42)26-13-11-20-40(26)31(44)28(33(3,4)5)37-32(45)38-34(18-9-8-10-19-34)21-48(46,47)39-22(2)23-14-15-23/h22-26,28,39H,6-21H2,1-5H3,(H,35,43)(H,36,42)(H2,37,38,45)/p+1/t22-,25?,26-,28+/m0/s1. The third kappa shape index (κ3) is 10.6. The Hall–Kier alpha value is -2.74. The number of unbranched alkanes of at least 4 members (excludes halogenated alkanes) is 1. The second-order valence-corrected chi connectivity index (χ2v) is 17.8. The molecule has 0 radical (unpaired) electrons. The number of Topliss-reactive ketones (excluding diaryl/α,β-unsaturated/α-hetero) is 1. The third-order valence-corrected chi connectivity index (χ3v) is 12.1. The van der Waals surface area contributed by atoms with E-state index in [0.717, 1.165) is 51.4 Å². The van der Waals surface area contributed by atoms with Gasteiger partial charge in [0, 0.05) is 18.5 Å². The van der Waals surface area contributed by atoms with E-state index >= 15 is 0 Å². The molecule has 4 aliphatic rings. The minimum atomic E-state index is -3.56. The molecular formula is C34H59N6O7S+. The molecule has 272 valence electrons. The molecule has 0 bridgehead atoms. The molecule has 3 saturated carbocycles. The molecule has 0 spiro atoms. The largest absolute Gasteiger partial charge is 0.347 e. The Morgan fingerprint density at radius 2 is 1.60 bits per heavy atom. The number of carbonyl (C=O) groups excluding carboxylic acids is 5. The van der Waals surface area contributed by atoms with Crippen LogP contribution in [0.15, 0.2) is 0 Å². The lowest BCUT2D eigenvalue weighted by Gasteiger charge is -2.39. The number of sulfonamides is 1. The topological polar surface area (TPSA) is 187 Å². The number of nitrogens with two attached hydrogens (primary N) is 1. The molecule has 0 aromatic rings. The van der Waals surface area contributed by atoms with Crippen molar-refractivity contribution in [2.24, 2.45) is 11.3 Å². The van der Waals surface area contributed by atoms with Crippen molar-refractivity contribution in [2.45, 2.75) is 160 Å². The van der Waals surface area contributed by atoms with Crippen LogP contribution in [0.5, 0.6) is 0 Å². The Bertz CT molecular complexity index is 1300. The molecule has 13 nitrogen and oxygen atoms in total. The van der Waals surface area contributed by atoms with Gasteiger partial charge < -0.3 is 26.2 Å². The first-order valence-electron chi connectivity index (χ1n) is 18.2. The van der Waals surface area contributed by atoms with Crippen LogP contribution in [0, 0.1) is 11.3 Å². The molecule has 1 saturated heterocycles. The van der Waals surface area contributed by atoms with Crippen molar-refractivity contribution in [3.05, 3.63) is 0 Å². The second kappa shape index (κ2) is 15.9. The molecular weight excluding hydrogens is 636 g/mol. The van der Waals surface area contributed by atoms with Crippen molar-refractivity contribution < 1.29 is 37.1 Å². The third-order valence-electron chi connectivity index (χ3n) is 10.3. The maximum atomic E-state index is 14.1. The normalized spacial score (nSPS) is 23.0. The van der Waals surface area contributed by atoms with Crippen LogP contribution in [-0.4, -0.2) is 90.9 Å². The summed E-state index contributed by atoms with van der Waals surface area (Å²) in [5.41, 5.74) is -1.67. The van der Waals surface area contributed by atoms with E-state index in [0.29, 0.717) is 51.0 Å². The fraction of sp³-hybridized carbons (Fsp3) is 0.853. The van der Waals surface area contributed by atoms with Crippen molar-refractivity contribution in [1.29, 1.82) is 0 Å². The van der Waals surface area contributed by atoms with Gasteiger partial charge in [0.25, 0.3) is 15.9 Å². The van der Waals surface area contributed by atoms with Crippen LogP contribution in [0.1, 0.15) is 125 Å². The lowest BCUT2D eigenvalue weighted by molar-refractivity contribution is -0.540. The lowest BCUT2D eigenvalue weighted by Crippen LogP contribution is -2.94. The molecule has 3 aliphatic carbocycles. The first-order chi connectivity index (χ1) is 22.5. The van der Waals surface area contributed by atoms with E-state index in [1.54, 1.807) is 0 Å². The van der Waals surface area contributed by atoms with Crippen LogP contribution in [0.25, 0.3) is 0 Å². The van der Waals surface area contributed by atoms with Crippen LogP contribution in [0.4, 0.5) is 4.79 Å². The molecule has 48 heavy (non-hydrogen) atoms. The zero-order valence-corrected chi connectivity index (χ0v) is 30.4. The Balaban J connectivity index is 1.44. The van der Waals surface area contributed by atoms with Gasteiger partial charge in [0.1, 0.15) is 17.8 Å². The van der Waals surface area contributed by atoms with Gasteiger partial charge in [-0.3, -0.25) is 19.2 Å². The number of primary sulfonamides is 1. The summed E-state index contributed by atoms with van der Waals surface area (Å²) in [6.07, 6.45) is 10.1. The van der Waals surface area contributed by atoms with Crippen LogP contribution in [0.3, 0.4) is 0 Å². The molecule has 14 heteroatoms. The number of amides is 5. The molecule has 0 aromatic carbocycles. The molecule has 1 aliphatic heterocycles. The van der Waals surface area contributed by atoms with Crippen LogP contribution in [0.2, 0.25) is 0 Å². The maximum absolute atomic E-state index is 14.1. The molecule has 5 amide bonds. The Labute approximate surface area is 286 Å². The number of likely N-dealkylation sites (tertiary alicyclic amines) is 1. The highest BCUT2D eigenvalue weighted by Gasteiger charge is 2.45. The number of ketones is 1. The summed E-state index contributed by atoms with van der Waals surface area (Å²) in [7, 11) is -3.56. The molecule has 0 aromatic heterocycles. The van der Waals surface area contributed by atoms with Crippen LogP contribution < -0.4 is 26.0 Å². The van der Waals surface area contributed by atoms with Gasteiger partial charge >= 0.3 is 6.03 Å². The summed E-state index contributed by atoms with van der Waals surface area (Å²) >= 11 is 0. The van der Waals surface area contributed by atoms with Crippen molar-refractivity contribution in [2.75, 3.05) is 12.3 Å². The highest BCUT2D eigenvalue weighted by Crippen LogP contribution is 2.32.